The van der Waals surface area contributed by atoms with E-state index in [-0.39, 0.29) is 5.75 Å². The number of aromatic nitrogens is 2. The molecule has 6 rings (SSSR count). The fourth-order valence-corrected chi connectivity index (χ4v) is 4.67. The van der Waals surface area contributed by atoms with Crippen molar-refractivity contribution in [2.45, 2.75) is 0 Å². The number of benzene rings is 3. The molecule has 0 spiro atoms. The maximum atomic E-state index is 9.66. The molecule has 5 aromatic rings. The van der Waals surface area contributed by atoms with Gasteiger partial charge in [-0.1, -0.05) is 42.5 Å². The molecule has 2 aromatic heterocycles. The van der Waals surface area contributed by atoms with Gasteiger partial charge in [0.15, 0.2) is 5.65 Å². The number of nitrogens with one attached hydrogen (secondary N) is 1. The summed E-state index contributed by atoms with van der Waals surface area (Å²) in [5.74, 6) is 0.241. The van der Waals surface area contributed by atoms with E-state index in [1.165, 1.54) is 5.69 Å². The second-order valence-corrected chi connectivity index (χ2v) is 8.82. The average molecular weight is 459 g/mol. The number of phenols is 1. The van der Waals surface area contributed by atoms with Gasteiger partial charge in [0.2, 0.25) is 0 Å². The summed E-state index contributed by atoms with van der Waals surface area (Å²) in [7, 11) is 0. The first-order chi connectivity index (χ1) is 17.2. The van der Waals surface area contributed by atoms with Gasteiger partial charge in [-0.05, 0) is 65.7 Å². The maximum absolute atomic E-state index is 9.66. The molecule has 3 aromatic carbocycles. The minimum absolute atomic E-state index is 0.241. The number of rotatable bonds is 4. The number of fused-ring (bicyclic) bond motifs is 1. The van der Waals surface area contributed by atoms with Gasteiger partial charge >= 0.3 is 0 Å². The normalized spacial score (nSPS) is 13.8. The van der Waals surface area contributed by atoms with Crippen LogP contribution in [0.3, 0.4) is 0 Å². The van der Waals surface area contributed by atoms with Crippen LogP contribution in [0.1, 0.15) is 0 Å². The molecule has 5 heteroatoms. The standard InChI is InChI=1S/C30H26N4O/c35-25-12-8-22(9-13-25)28-15-14-26-27(21-4-2-1-3-5-21)20-29(33-30(26)32-28)23-6-10-24(11-7-23)34-18-16-31-17-19-34/h1-15,20,31,35H,16-19H2. The van der Waals surface area contributed by atoms with E-state index in [9.17, 15) is 5.11 Å². The molecule has 3 heterocycles. The first kappa shape index (κ1) is 21.3. The summed E-state index contributed by atoms with van der Waals surface area (Å²) in [6.07, 6.45) is 0. The third-order valence-electron chi connectivity index (χ3n) is 6.57. The van der Waals surface area contributed by atoms with Crippen LogP contribution in [0.25, 0.3) is 44.7 Å². The minimum Gasteiger partial charge on any atom is -0.508 e. The van der Waals surface area contributed by atoms with Gasteiger partial charge in [-0.15, -0.1) is 0 Å². The van der Waals surface area contributed by atoms with Gasteiger partial charge < -0.3 is 15.3 Å². The van der Waals surface area contributed by atoms with Crippen molar-refractivity contribution in [1.29, 1.82) is 0 Å². The molecule has 0 unspecified atom stereocenters. The highest BCUT2D eigenvalue weighted by atomic mass is 16.3. The molecule has 172 valence electrons. The molecule has 1 aliphatic heterocycles. The number of aromatic hydroxyl groups is 1. The summed E-state index contributed by atoms with van der Waals surface area (Å²) >= 11 is 0. The second kappa shape index (κ2) is 9.20. The number of piperazine rings is 1. The minimum atomic E-state index is 0.241. The molecule has 0 radical (unpaired) electrons. The van der Waals surface area contributed by atoms with Crippen molar-refractivity contribution < 1.29 is 5.11 Å². The molecule has 0 amide bonds. The molecular formula is C30H26N4O. The fraction of sp³-hybridized carbons (Fsp3) is 0.133. The van der Waals surface area contributed by atoms with Crippen LogP contribution < -0.4 is 10.2 Å². The Labute approximate surface area is 204 Å². The Hall–Kier alpha value is -4.22. The highest BCUT2D eigenvalue weighted by Gasteiger charge is 2.14. The summed E-state index contributed by atoms with van der Waals surface area (Å²) in [5, 5.41) is 14.1. The first-order valence-electron chi connectivity index (χ1n) is 12.0. The van der Waals surface area contributed by atoms with Crippen molar-refractivity contribution in [2.75, 3.05) is 31.1 Å². The number of anilines is 1. The number of hydrogen-bond acceptors (Lipinski definition) is 5. The van der Waals surface area contributed by atoms with E-state index in [1.54, 1.807) is 12.1 Å². The van der Waals surface area contributed by atoms with Crippen LogP contribution in [0.5, 0.6) is 5.75 Å². The predicted molar refractivity (Wildman–Crippen MR) is 143 cm³/mol. The Balaban J connectivity index is 1.46. The maximum Gasteiger partial charge on any atom is 0.161 e. The van der Waals surface area contributed by atoms with E-state index in [2.05, 4.69) is 70.9 Å². The van der Waals surface area contributed by atoms with Crippen LogP contribution in [-0.4, -0.2) is 41.3 Å². The first-order valence-corrected chi connectivity index (χ1v) is 12.0. The Morgan fingerprint density at radius 2 is 1.31 bits per heavy atom. The summed E-state index contributed by atoms with van der Waals surface area (Å²) in [5.41, 5.74) is 7.94. The number of hydrogen-bond donors (Lipinski definition) is 2. The lowest BCUT2D eigenvalue weighted by atomic mass is 9.99. The number of nitrogens with zero attached hydrogens (tertiary/aromatic N) is 3. The number of phenolic OH excluding ortho intramolecular Hbond substituents is 1. The van der Waals surface area contributed by atoms with Crippen LogP contribution >= 0.6 is 0 Å². The topological polar surface area (TPSA) is 61.3 Å². The van der Waals surface area contributed by atoms with Crippen LogP contribution in [0.2, 0.25) is 0 Å². The highest BCUT2D eigenvalue weighted by molar-refractivity contribution is 5.96. The molecular weight excluding hydrogens is 432 g/mol. The highest BCUT2D eigenvalue weighted by Crippen LogP contribution is 2.33. The largest absolute Gasteiger partial charge is 0.508 e. The zero-order chi connectivity index (χ0) is 23.6. The Kier molecular flexibility index (Phi) is 5.60. The third-order valence-corrected chi connectivity index (χ3v) is 6.57. The van der Waals surface area contributed by atoms with E-state index >= 15 is 0 Å². The monoisotopic (exact) mass is 458 g/mol. The van der Waals surface area contributed by atoms with Gasteiger partial charge in [-0.25, -0.2) is 9.97 Å². The Morgan fingerprint density at radius 3 is 2.06 bits per heavy atom. The molecule has 0 saturated carbocycles. The molecule has 1 aliphatic rings. The van der Waals surface area contributed by atoms with Crippen LogP contribution in [0.15, 0.2) is 97.1 Å². The van der Waals surface area contributed by atoms with Gasteiger partial charge in [0, 0.05) is 48.4 Å². The molecule has 1 fully saturated rings. The number of pyridine rings is 2. The lowest BCUT2D eigenvalue weighted by molar-refractivity contribution is 0.475. The van der Waals surface area contributed by atoms with E-state index in [1.807, 2.05) is 24.3 Å². The van der Waals surface area contributed by atoms with Gasteiger partial charge in [0.1, 0.15) is 5.75 Å². The molecule has 0 aliphatic carbocycles. The van der Waals surface area contributed by atoms with E-state index in [0.29, 0.717) is 5.65 Å². The summed E-state index contributed by atoms with van der Waals surface area (Å²) in [4.78, 5) is 12.3. The van der Waals surface area contributed by atoms with Gasteiger partial charge in [0.05, 0.1) is 11.4 Å². The van der Waals surface area contributed by atoms with Crippen LogP contribution in [0.4, 0.5) is 5.69 Å². The van der Waals surface area contributed by atoms with Gasteiger partial charge in [0.25, 0.3) is 0 Å². The molecule has 0 atom stereocenters. The Morgan fingerprint density at radius 1 is 0.657 bits per heavy atom. The van der Waals surface area contributed by atoms with Crippen molar-refractivity contribution in [1.82, 2.24) is 15.3 Å². The van der Waals surface area contributed by atoms with E-state index in [0.717, 1.165) is 65.2 Å². The SMILES string of the molecule is Oc1ccc(-c2ccc3c(-c4ccccc4)cc(-c4ccc(N5CCNCC5)cc4)nc3n2)cc1. The quantitative estimate of drug-likeness (QED) is 0.359. The summed E-state index contributed by atoms with van der Waals surface area (Å²) < 4.78 is 0. The van der Waals surface area contributed by atoms with E-state index < -0.39 is 0 Å². The molecule has 0 bridgehead atoms. The Bertz CT molecular complexity index is 1460. The fourth-order valence-electron chi connectivity index (χ4n) is 4.67. The van der Waals surface area contributed by atoms with Crippen molar-refractivity contribution in [2.24, 2.45) is 0 Å². The van der Waals surface area contributed by atoms with Crippen LogP contribution in [-0.2, 0) is 0 Å². The van der Waals surface area contributed by atoms with E-state index in [4.69, 9.17) is 9.97 Å². The molecule has 2 N–H and O–H groups in total. The van der Waals surface area contributed by atoms with Crippen molar-refractivity contribution >= 4 is 16.7 Å². The average Bonchev–Trinajstić information content (AvgIpc) is 2.93. The molecule has 35 heavy (non-hydrogen) atoms. The van der Waals surface area contributed by atoms with Crippen molar-refractivity contribution in [3.05, 3.63) is 97.1 Å². The van der Waals surface area contributed by atoms with Crippen molar-refractivity contribution in [3.8, 4) is 39.4 Å². The summed E-state index contributed by atoms with van der Waals surface area (Å²) in [6.45, 7) is 4.08. The lowest BCUT2D eigenvalue weighted by Crippen LogP contribution is -2.43. The molecule has 5 nitrogen and oxygen atoms in total. The van der Waals surface area contributed by atoms with Crippen molar-refractivity contribution in [3.63, 3.8) is 0 Å². The summed E-state index contributed by atoms with van der Waals surface area (Å²) in [6, 6.07) is 32.5. The van der Waals surface area contributed by atoms with Gasteiger partial charge in [-0.3, -0.25) is 0 Å². The molecule has 1 saturated heterocycles. The lowest BCUT2D eigenvalue weighted by Gasteiger charge is -2.29. The zero-order valence-electron chi connectivity index (χ0n) is 19.4. The smallest absolute Gasteiger partial charge is 0.161 e. The second-order valence-electron chi connectivity index (χ2n) is 8.82. The predicted octanol–water partition coefficient (Wildman–Crippen LogP) is 5.75. The van der Waals surface area contributed by atoms with Gasteiger partial charge in [-0.2, -0.15) is 0 Å². The zero-order valence-corrected chi connectivity index (χ0v) is 19.4. The van der Waals surface area contributed by atoms with Crippen LogP contribution in [0, 0.1) is 0 Å². The third kappa shape index (κ3) is 4.34.